The molecular weight excluding hydrogens is 356 g/mol. The quantitative estimate of drug-likeness (QED) is 0.830. The number of hydrogen-bond donors (Lipinski definition) is 1. The molecule has 6 heteroatoms. The van der Waals surface area contributed by atoms with Crippen LogP contribution in [0.3, 0.4) is 0 Å². The molecule has 1 amide bonds. The summed E-state index contributed by atoms with van der Waals surface area (Å²) in [6.45, 7) is 3.93. The standard InChI is InChI=1S/C22H26N2O4/c1-26-18-8-6-16(7-9-18)19(15-24-10-12-27-13-11-24)23-22(25)21-14-17-4-2-3-5-20(17)28-21/h2-9,19,21H,10-15H2,1H3,(H,23,25)/t19-,21-/m1/s1. The van der Waals surface area contributed by atoms with Gasteiger partial charge in [-0.3, -0.25) is 9.69 Å². The van der Waals surface area contributed by atoms with Gasteiger partial charge in [0.2, 0.25) is 0 Å². The van der Waals surface area contributed by atoms with Crippen LogP contribution in [0.2, 0.25) is 0 Å². The molecule has 0 bridgehead atoms. The number of nitrogens with one attached hydrogen (secondary N) is 1. The topological polar surface area (TPSA) is 60.0 Å². The van der Waals surface area contributed by atoms with E-state index in [9.17, 15) is 4.79 Å². The molecule has 148 valence electrons. The summed E-state index contributed by atoms with van der Waals surface area (Å²) in [6.07, 6.45) is 0.123. The minimum absolute atomic E-state index is 0.0784. The maximum Gasteiger partial charge on any atom is 0.261 e. The Morgan fingerprint density at radius 2 is 1.93 bits per heavy atom. The summed E-state index contributed by atoms with van der Waals surface area (Å²) in [5, 5.41) is 3.21. The van der Waals surface area contributed by atoms with Crippen LogP contribution in [-0.2, 0) is 16.0 Å². The first kappa shape index (κ1) is 18.8. The number of carbonyl (C=O) groups is 1. The lowest BCUT2D eigenvalue weighted by molar-refractivity contribution is -0.128. The van der Waals surface area contributed by atoms with Gasteiger partial charge < -0.3 is 19.5 Å². The molecule has 0 unspecified atom stereocenters. The van der Waals surface area contributed by atoms with Crippen LogP contribution in [0.1, 0.15) is 17.2 Å². The largest absolute Gasteiger partial charge is 0.497 e. The SMILES string of the molecule is COc1ccc([C@@H](CN2CCOCC2)NC(=O)[C@H]2Cc3ccccc3O2)cc1. The fourth-order valence-electron chi connectivity index (χ4n) is 3.71. The molecule has 2 atom stereocenters. The number of fused-ring (bicyclic) bond motifs is 1. The van der Waals surface area contributed by atoms with Crippen molar-refractivity contribution in [1.82, 2.24) is 10.2 Å². The molecule has 2 aliphatic heterocycles. The van der Waals surface area contributed by atoms with Crippen molar-refractivity contribution < 1.29 is 19.0 Å². The van der Waals surface area contributed by atoms with Crippen molar-refractivity contribution in [2.75, 3.05) is 40.0 Å². The zero-order chi connectivity index (χ0) is 19.3. The lowest BCUT2D eigenvalue weighted by atomic mass is 10.0. The van der Waals surface area contributed by atoms with E-state index in [4.69, 9.17) is 14.2 Å². The Labute approximate surface area is 165 Å². The van der Waals surface area contributed by atoms with Gasteiger partial charge in [-0.05, 0) is 29.3 Å². The first-order valence-corrected chi connectivity index (χ1v) is 9.72. The maximum atomic E-state index is 13.0. The van der Waals surface area contributed by atoms with Crippen LogP contribution < -0.4 is 14.8 Å². The van der Waals surface area contributed by atoms with Crippen LogP contribution >= 0.6 is 0 Å². The molecule has 2 aromatic rings. The molecule has 6 nitrogen and oxygen atoms in total. The first-order chi connectivity index (χ1) is 13.7. The Morgan fingerprint density at radius 1 is 1.18 bits per heavy atom. The minimum Gasteiger partial charge on any atom is -0.497 e. The third-order valence-electron chi connectivity index (χ3n) is 5.32. The number of benzene rings is 2. The summed E-state index contributed by atoms with van der Waals surface area (Å²) < 4.78 is 16.6. The number of amides is 1. The van der Waals surface area contributed by atoms with Gasteiger partial charge in [0.05, 0.1) is 26.4 Å². The number of methoxy groups -OCH3 is 1. The van der Waals surface area contributed by atoms with Crippen molar-refractivity contribution >= 4 is 5.91 Å². The van der Waals surface area contributed by atoms with E-state index in [1.807, 2.05) is 48.5 Å². The van der Waals surface area contributed by atoms with E-state index in [2.05, 4.69) is 10.2 Å². The van der Waals surface area contributed by atoms with E-state index in [1.54, 1.807) is 7.11 Å². The number of ether oxygens (including phenoxy) is 3. The van der Waals surface area contributed by atoms with Crippen LogP contribution in [0.15, 0.2) is 48.5 Å². The van der Waals surface area contributed by atoms with Crippen molar-refractivity contribution in [1.29, 1.82) is 0 Å². The van der Waals surface area contributed by atoms with E-state index in [1.165, 1.54) is 0 Å². The molecule has 0 radical (unpaired) electrons. The third kappa shape index (κ3) is 4.29. The van der Waals surface area contributed by atoms with Crippen molar-refractivity contribution in [3.05, 3.63) is 59.7 Å². The molecule has 0 spiro atoms. The van der Waals surface area contributed by atoms with Gasteiger partial charge in [-0.2, -0.15) is 0 Å². The number of hydrogen-bond acceptors (Lipinski definition) is 5. The molecule has 2 aliphatic rings. The second-order valence-electron chi connectivity index (χ2n) is 7.17. The fraction of sp³-hybridized carbons (Fsp3) is 0.409. The molecule has 1 N–H and O–H groups in total. The molecule has 0 aromatic heterocycles. The summed E-state index contributed by atoms with van der Waals surface area (Å²) in [5.74, 6) is 1.52. The van der Waals surface area contributed by atoms with E-state index in [0.29, 0.717) is 6.42 Å². The normalized spacial score (nSPS) is 20.1. The molecule has 0 aliphatic carbocycles. The van der Waals surface area contributed by atoms with Crippen LogP contribution in [0.25, 0.3) is 0 Å². The summed E-state index contributed by atoms with van der Waals surface area (Å²) in [7, 11) is 1.65. The second-order valence-corrected chi connectivity index (χ2v) is 7.17. The van der Waals surface area contributed by atoms with Crippen molar-refractivity contribution in [3.8, 4) is 11.5 Å². The number of nitrogens with zero attached hydrogens (tertiary/aromatic N) is 1. The fourth-order valence-corrected chi connectivity index (χ4v) is 3.71. The number of carbonyl (C=O) groups excluding carboxylic acids is 1. The number of para-hydroxylation sites is 1. The van der Waals surface area contributed by atoms with Crippen molar-refractivity contribution in [2.24, 2.45) is 0 Å². The van der Waals surface area contributed by atoms with Gasteiger partial charge >= 0.3 is 0 Å². The van der Waals surface area contributed by atoms with Crippen LogP contribution in [0.5, 0.6) is 11.5 Å². The Hall–Kier alpha value is -2.57. The van der Waals surface area contributed by atoms with Gasteiger partial charge in [-0.25, -0.2) is 0 Å². The van der Waals surface area contributed by atoms with E-state index >= 15 is 0 Å². The molecule has 1 fully saturated rings. The summed E-state index contributed by atoms with van der Waals surface area (Å²) in [6, 6.07) is 15.6. The van der Waals surface area contributed by atoms with Gasteiger partial charge in [0.1, 0.15) is 11.5 Å². The average Bonchev–Trinajstić information content (AvgIpc) is 3.18. The van der Waals surface area contributed by atoms with Gasteiger partial charge in [0.15, 0.2) is 6.10 Å². The number of morpholine rings is 1. The highest BCUT2D eigenvalue weighted by atomic mass is 16.5. The second kappa shape index (κ2) is 8.63. The highest BCUT2D eigenvalue weighted by Gasteiger charge is 2.31. The summed E-state index contributed by atoms with van der Waals surface area (Å²) in [5.41, 5.74) is 2.13. The Morgan fingerprint density at radius 3 is 2.64 bits per heavy atom. The highest BCUT2D eigenvalue weighted by molar-refractivity contribution is 5.83. The van der Waals surface area contributed by atoms with Crippen LogP contribution in [-0.4, -0.2) is 56.9 Å². The molecular formula is C22H26N2O4. The van der Waals surface area contributed by atoms with Crippen molar-refractivity contribution in [2.45, 2.75) is 18.6 Å². The Kier molecular flexibility index (Phi) is 5.78. The van der Waals surface area contributed by atoms with Gasteiger partial charge in [-0.15, -0.1) is 0 Å². The lowest BCUT2D eigenvalue weighted by Gasteiger charge is -2.31. The predicted octanol–water partition coefficient (Wildman–Crippen LogP) is 2.19. The maximum absolute atomic E-state index is 13.0. The molecule has 2 heterocycles. The van der Waals surface area contributed by atoms with Gasteiger partial charge in [0.25, 0.3) is 5.91 Å². The van der Waals surface area contributed by atoms with Crippen LogP contribution in [0, 0.1) is 0 Å². The van der Waals surface area contributed by atoms with E-state index in [0.717, 1.165) is 55.5 Å². The van der Waals surface area contributed by atoms with Crippen LogP contribution in [0.4, 0.5) is 0 Å². The third-order valence-corrected chi connectivity index (χ3v) is 5.32. The van der Waals surface area contributed by atoms with Crippen molar-refractivity contribution in [3.63, 3.8) is 0 Å². The molecule has 2 aromatic carbocycles. The zero-order valence-corrected chi connectivity index (χ0v) is 16.1. The Balaban J connectivity index is 1.47. The monoisotopic (exact) mass is 382 g/mol. The zero-order valence-electron chi connectivity index (χ0n) is 16.1. The predicted molar refractivity (Wildman–Crippen MR) is 106 cm³/mol. The molecule has 1 saturated heterocycles. The minimum atomic E-state index is -0.483. The molecule has 4 rings (SSSR count). The number of rotatable bonds is 6. The van der Waals surface area contributed by atoms with E-state index in [-0.39, 0.29) is 11.9 Å². The average molecular weight is 382 g/mol. The Bertz CT molecular complexity index is 777. The smallest absolute Gasteiger partial charge is 0.261 e. The first-order valence-electron chi connectivity index (χ1n) is 9.72. The summed E-state index contributed by atoms with van der Waals surface area (Å²) in [4.78, 5) is 15.3. The van der Waals surface area contributed by atoms with Gasteiger partial charge in [0, 0.05) is 26.1 Å². The molecule has 0 saturated carbocycles. The van der Waals surface area contributed by atoms with E-state index < -0.39 is 6.10 Å². The lowest BCUT2D eigenvalue weighted by Crippen LogP contribution is -2.46. The summed E-state index contributed by atoms with van der Waals surface area (Å²) >= 11 is 0. The highest BCUT2D eigenvalue weighted by Crippen LogP contribution is 2.29. The molecule has 28 heavy (non-hydrogen) atoms. The van der Waals surface area contributed by atoms with Gasteiger partial charge in [-0.1, -0.05) is 30.3 Å².